The second-order valence-electron chi connectivity index (χ2n) is 8.98. The summed E-state index contributed by atoms with van der Waals surface area (Å²) in [4.78, 5) is 6.97. The Morgan fingerprint density at radius 3 is 2.32 bits per heavy atom. The molecule has 3 heterocycles. The average Bonchev–Trinajstić information content (AvgIpc) is 3.29. The van der Waals surface area contributed by atoms with E-state index in [2.05, 4.69) is 113 Å². The van der Waals surface area contributed by atoms with E-state index in [1.807, 2.05) is 18.3 Å². The maximum atomic E-state index is 5.93. The summed E-state index contributed by atoms with van der Waals surface area (Å²) >= 11 is 9.56. The molecule has 34 heavy (non-hydrogen) atoms. The number of pyridine rings is 1. The Balaban J connectivity index is 1.70. The Kier molecular flexibility index (Phi) is 6.04. The molecule has 2 aromatic heterocycles. The number of aryl methyl sites for hydroxylation is 3. The molecule has 0 radical (unpaired) electrons. The molecule has 4 aromatic rings. The van der Waals surface area contributed by atoms with Gasteiger partial charge in [0.2, 0.25) is 0 Å². The normalized spacial score (nSPS) is 17.8. The van der Waals surface area contributed by atoms with Crippen molar-refractivity contribution in [2.24, 2.45) is 0 Å². The lowest BCUT2D eigenvalue weighted by atomic mass is 9.96. The van der Waals surface area contributed by atoms with Crippen LogP contribution < -0.4 is 10.2 Å². The molecule has 5 rings (SSSR count). The summed E-state index contributed by atoms with van der Waals surface area (Å²) in [5.41, 5.74) is 9.27. The van der Waals surface area contributed by atoms with Crippen molar-refractivity contribution < 1.29 is 0 Å². The highest BCUT2D eigenvalue weighted by Crippen LogP contribution is 2.44. The Bertz CT molecular complexity index is 1360. The van der Waals surface area contributed by atoms with Gasteiger partial charge in [0.05, 0.1) is 17.8 Å². The molecule has 2 atom stereocenters. The highest BCUT2D eigenvalue weighted by atomic mass is 79.9. The number of halogens is 1. The summed E-state index contributed by atoms with van der Waals surface area (Å²) in [6, 6.07) is 23.3. The third-order valence-corrected chi connectivity index (χ3v) is 7.25. The summed E-state index contributed by atoms with van der Waals surface area (Å²) < 4.78 is 3.38. The third kappa shape index (κ3) is 4.05. The summed E-state index contributed by atoms with van der Waals surface area (Å²) in [6.45, 7) is 8.62. The van der Waals surface area contributed by atoms with Crippen LogP contribution in [0.1, 0.15) is 45.9 Å². The fraction of sp³-hybridized carbons (Fsp3) is 0.214. The van der Waals surface area contributed by atoms with Gasteiger partial charge >= 0.3 is 0 Å². The molecule has 1 aliphatic rings. The summed E-state index contributed by atoms with van der Waals surface area (Å²) in [6.07, 6.45) is 1.85. The lowest BCUT2D eigenvalue weighted by Crippen LogP contribution is -2.29. The van der Waals surface area contributed by atoms with E-state index in [1.54, 1.807) is 0 Å². The van der Waals surface area contributed by atoms with Crippen LogP contribution in [0.15, 0.2) is 77.4 Å². The largest absolute Gasteiger partial charge is 0.351 e. The highest BCUT2D eigenvalue weighted by molar-refractivity contribution is 9.10. The second-order valence-corrected chi connectivity index (χ2v) is 10.3. The fourth-order valence-corrected chi connectivity index (χ4v) is 5.87. The average molecular weight is 532 g/mol. The van der Waals surface area contributed by atoms with Crippen molar-refractivity contribution in [1.29, 1.82) is 0 Å². The zero-order chi connectivity index (χ0) is 24.0. The number of thiocarbonyl (C=S) groups is 1. The van der Waals surface area contributed by atoms with Gasteiger partial charge in [0.25, 0.3) is 0 Å². The predicted octanol–water partition coefficient (Wildman–Crippen LogP) is 7.05. The number of nitrogens with zero attached hydrogens (tertiary/aromatic N) is 3. The van der Waals surface area contributed by atoms with Gasteiger partial charge in [0.1, 0.15) is 0 Å². The molecule has 0 amide bonds. The van der Waals surface area contributed by atoms with E-state index < -0.39 is 0 Å². The van der Waals surface area contributed by atoms with Crippen LogP contribution in [0.25, 0.3) is 5.69 Å². The minimum Gasteiger partial charge on any atom is -0.351 e. The number of aromatic nitrogens is 2. The molecule has 2 aromatic carbocycles. The molecular formula is C28H27BrN4S. The van der Waals surface area contributed by atoms with E-state index in [-0.39, 0.29) is 12.1 Å². The van der Waals surface area contributed by atoms with Crippen molar-refractivity contribution in [3.8, 4) is 5.69 Å². The summed E-state index contributed by atoms with van der Waals surface area (Å²) in [5, 5.41) is 4.31. The molecule has 172 valence electrons. The predicted molar refractivity (Wildman–Crippen MR) is 147 cm³/mol. The molecule has 1 N–H and O–H groups in total. The van der Waals surface area contributed by atoms with Crippen molar-refractivity contribution in [3.05, 3.63) is 111 Å². The molecule has 1 saturated heterocycles. The van der Waals surface area contributed by atoms with Gasteiger partial charge in [-0.2, -0.15) is 0 Å². The van der Waals surface area contributed by atoms with Gasteiger partial charge in [-0.3, -0.25) is 4.98 Å². The minimum atomic E-state index is -0.0639. The van der Waals surface area contributed by atoms with Crippen LogP contribution in [0, 0.1) is 27.7 Å². The van der Waals surface area contributed by atoms with Crippen molar-refractivity contribution in [2.75, 3.05) is 4.90 Å². The van der Waals surface area contributed by atoms with E-state index in [0.29, 0.717) is 0 Å². The molecular weight excluding hydrogens is 504 g/mol. The SMILES string of the molecule is Cc1cc(C)cc(N2C(=S)NC(c3ccccn3)C2c2cc(C)n(-c3cccc(Br)c3)c2C)c1. The van der Waals surface area contributed by atoms with E-state index in [4.69, 9.17) is 17.2 Å². The van der Waals surface area contributed by atoms with Gasteiger partial charge < -0.3 is 14.8 Å². The van der Waals surface area contributed by atoms with E-state index >= 15 is 0 Å². The molecule has 0 saturated carbocycles. The lowest BCUT2D eigenvalue weighted by molar-refractivity contribution is 0.565. The first-order chi connectivity index (χ1) is 16.3. The van der Waals surface area contributed by atoms with Gasteiger partial charge in [0.15, 0.2) is 5.11 Å². The lowest BCUT2D eigenvalue weighted by Gasteiger charge is -2.29. The number of hydrogen-bond acceptors (Lipinski definition) is 2. The summed E-state index contributed by atoms with van der Waals surface area (Å²) in [5.74, 6) is 0. The van der Waals surface area contributed by atoms with Gasteiger partial charge in [0, 0.05) is 33.4 Å². The first-order valence-electron chi connectivity index (χ1n) is 11.4. The number of rotatable bonds is 4. The first-order valence-corrected chi connectivity index (χ1v) is 12.6. The van der Waals surface area contributed by atoms with Crippen molar-refractivity contribution in [1.82, 2.24) is 14.9 Å². The minimum absolute atomic E-state index is 0.0318. The van der Waals surface area contributed by atoms with Crippen LogP contribution in [-0.2, 0) is 0 Å². The maximum Gasteiger partial charge on any atom is 0.174 e. The van der Waals surface area contributed by atoms with Crippen LogP contribution in [0.2, 0.25) is 0 Å². The van der Waals surface area contributed by atoms with Crippen molar-refractivity contribution in [3.63, 3.8) is 0 Å². The van der Waals surface area contributed by atoms with Crippen molar-refractivity contribution >= 4 is 38.9 Å². The zero-order valence-corrected chi connectivity index (χ0v) is 22.1. The van der Waals surface area contributed by atoms with Crippen LogP contribution in [-0.4, -0.2) is 14.7 Å². The van der Waals surface area contributed by atoms with E-state index in [1.165, 1.54) is 28.1 Å². The Labute approximate surface area is 214 Å². The van der Waals surface area contributed by atoms with E-state index in [9.17, 15) is 0 Å². The monoisotopic (exact) mass is 530 g/mol. The Morgan fingerprint density at radius 2 is 1.65 bits per heavy atom. The molecule has 1 fully saturated rings. The Morgan fingerprint density at radius 1 is 0.882 bits per heavy atom. The highest BCUT2D eigenvalue weighted by Gasteiger charge is 2.42. The number of benzene rings is 2. The molecule has 0 spiro atoms. The van der Waals surface area contributed by atoms with Crippen LogP contribution in [0.4, 0.5) is 5.69 Å². The van der Waals surface area contributed by atoms with Gasteiger partial charge in [-0.15, -0.1) is 0 Å². The molecule has 2 unspecified atom stereocenters. The number of hydrogen-bond donors (Lipinski definition) is 1. The van der Waals surface area contributed by atoms with Crippen LogP contribution in [0.3, 0.4) is 0 Å². The quantitative estimate of drug-likeness (QED) is 0.286. The standard InChI is InChI=1S/C28H27BrN4S/c1-17-12-18(2)14-23(13-17)33-27(26(31-28(33)34)25-10-5-6-11-30-25)24-15-19(3)32(20(24)4)22-9-7-8-21(29)16-22/h5-16,26-27H,1-4H3,(H,31,34). The molecule has 1 aliphatic heterocycles. The summed E-state index contributed by atoms with van der Waals surface area (Å²) in [7, 11) is 0. The number of nitrogens with one attached hydrogen (secondary N) is 1. The van der Waals surface area contributed by atoms with Crippen LogP contribution >= 0.6 is 28.1 Å². The van der Waals surface area contributed by atoms with Gasteiger partial charge in [-0.05, 0) is 105 Å². The number of anilines is 1. The smallest absolute Gasteiger partial charge is 0.174 e. The topological polar surface area (TPSA) is 33.1 Å². The molecule has 4 nitrogen and oxygen atoms in total. The molecule has 0 aliphatic carbocycles. The molecule has 6 heteroatoms. The van der Waals surface area contributed by atoms with Gasteiger partial charge in [-0.1, -0.05) is 34.1 Å². The maximum absolute atomic E-state index is 5.93. The van der Waals surface area contributed by atoms with Crippen molar-refractivity contribution in [2.45, 2.75) is 39.8 Å². The zero-order valence-electron chi connectivity index (χ0n) is 19.7. The van der Waals surface area contributed by atoms with E-state index in [0.717, 1.165) is 26.7 Å². The third-order valence-electron chi connectivity index (χ3n) is 6.44. The molecule has 0 bridgehead atoms. The Hall–Kier alpha value is -2.96. The fourth-order valence-electron chi connectivity index (χ4n) is 5.14. The van der Waals surface area contributed by atoms with Crippen LogP contribution in [0.5, 0.6) is 0 Å². The second kappa shape index (κ2) is 9.01. The first kappa shape index (κ1) is 22.8. The van der Waals surface area contributed by atoms with Gasteiger partial charge in [-0.25, -0.2) is 0 Å².